The second kappa shape index (κ2) is 6.58. The number of halogens is 3. The summed E-state index contributed by atoms with van der Waals surface area (Å²) in [5, 5.41) is 8.84. The Balaban J connectivity index is 3.11. The lowest BCUT2D eigenvalue weighted by Crippen LogP contribution is -2.11. The summed E-state index contributed by atoms with van der Waals surface area (Å²) in [4.78, 5) is 14.9. The first-order valence-electron chi connectivity index (χ1n) is 5.02. The van der Waals surface area contributed by atoms with Gasteiger partial charge in [0.25, 0.3) is 6.43 Å². The zero-order valence-electron chi connectivity index (χ0n) is 9.41. The van der Waals surface area contributed by atoms with Crippen LogP contribution in [0.1, 0.15) is 30.3 Å². The van der Waals surface area contributed by atoms with Crippen molar-refractivity contribution in [3.63, 3.8) is 0 Å². The number of hydrogen-bond donors (Lipinski definition) is 0. The summed E-state index contributed by atoms with van der Waals surface area (Å²) in [7, 11) is 0. The van der Waals surface area contributed by atoms with Crippen LogP contribution in [-0.2, 0) is 16.0 Å². The molecule has 0 atom stereocenters. The number of esters is 1. The Morgan fingerprint density at radius 1 is 1.67 bits per heavy atom. The highest BCUT2D eigenvalue weighted by Gasteiger charge is 2.19. The largest absolute Gasteiger partial charge is 0.466 e. The van der Waals surface area contributed by atoms with Crippen molar-refractivity contribution < 1.29 is 18.3 Å². The highest BCUT2D eigenvalue weighted by molar-refractivity contribution is 14.1. The van der Waals surface area contributed by atoms with Crippen LogP contribution in [0.4, 0.5) is 8.78 Å². The second-order valence-corrected chi connectivity index (χ2v) is 4.33. The van der Waals surface area contributed by atoms with E-state index in [0.29, 0.717) is 0 Å². The number of alkyl halides is 2. The predicted molar refractivity (Wildman–Crippen MR) is 67.0 cm³/mol. The van der Waals surface area contributed by atoms with Crippen molar-refractivity contribution in [2.45, 2.75) is 19.8 Å². The molecular weight excluding hydrogens is 357 g/mol. The molecular formula is C11H9F2IN2O2. The first-order valence-corrected chi connectivity index (χ1v) is 6.10. The number of pyridine rings is 1. The molecule has 1 aromatic heterocycles. The summed E-state index contributed by atoms with van der Waals surface area (Å²) >= 11 is 1.64. The van der Waals surface area contributed by atoms with Gasteiger partial charge in [0.1, 0.15) is 11.8 Å². The van der Waals surface area contributed by atoms with Crippen LogP contribution in [0.3, 0.4) is 0 Å². The van der Waals surface area contributed by atoms with Gasteiger partial charge in [-0.2, -0.15) is 5.26 Å². The van der Waals surface area contributed by atoms with Crippen LogP contribution < -0.4 is 0 Å². The molecule has 96 valence electrons. The van der Waals surface area contributed by atoms with E-state index in [1.54, 1.807) is 35.6 Å². The monoisotopic (exact) mass is 366 g/mol. The molecule has 0 aliphatic heterocycles. The van der Waals surface area contributed by atoms with Gasteiger partial charge in [-0.05, 0) is 35.6 Å². The van der Waals surface area contributed by atoms with Crippen LogP contribution in [0.2, 0.25) is 0 Å². The predicted octanol–water partition coefficient (Wildman–Crippen LogP) is 2.60. The van der Waals surface area contributed by atoms with E-state index in [1.807, 2.05) is 0 Å². The van der Waals surface area contributed by atoms with Crippen LogP contribution in [0, 0.1) is 14.9 Å². The second-order valence-electron chi connectivity index (χ2n) is 3.25. The van der Waals surface area contributed by atoms with E-state index in [0.717, 1.165) is 0 Å². The standard InChI is InChI=1S/C11H9F2IN2O2/c1-2-18-8(17)4-7-3-6(5-15)9(14)10(16-7)11(12)13/h3,11H,2,4H2,1H3. The maximum absolute atomic E-state index is 12.7. The maximum Gasteiger partial charge on any atom is 0.311 e. The average molecular weight is 366 g/mol. The Morgan fingerprint density at radius 2 is 2.33 bits per heavy atom. The molecule has 0 unspecified atom stereocenters. The van der Waals surface area contributed by atoms with E-state index in [4.69, 9.17) is 10.00 Å². The number of carbonyl (C=O) groups is 1. The van der Waals surface area contributed by atoms with Gasteiger partial charge in [0.15, 0.2) is 0 Å². The molecule has 1 heterocycles. The van der Waals surface area contributed by atoms with Gasteiger partial charge in [-0.15, -0.1) is 0 Å². The van der Waals surface area contributed by atoms with Crippen molar-refractivity contribution in [2.75, 3.05) is 6.61 Å². The third-order valence-corrected chi connectivity index (χ3v) is 3.13. The first-order chi connectivity index (χ1) is 8.49. The lowest BCUT2D eigenvalue weighted by molar-refractivity contribution is -0.142. The zero-order chi connectivity index (χ0) is 13.7. The average Bonchev–Trinajstić information content (AvgIpc) is 2.31. The van der Waals surface area contributed by atoms with Gasteiger partial charge in [0.2, 0.25) is 0 Å². The normalized spacial score (nSPS) is 10.2. The number of nitrogens with zero attached hydrogens (tertiary/aromatic N) is 2. The van der Waals surface area contributed by atoms with Crippen LogP contribution in [-0.4, -0.2) is 17.6 Å². The number of rotatable bonds is 4. The summed E-state index contributed by atoms with van der Waals surface area (Å²) in [6.45, 7) is 1.85. The molecule has 0 bridgehead atoms. The Morgan fingerprint density at radius 3 is 2.83 bits per heavy atom. The van der Waals surface area contributed by atoms with Gasteiger partial charge in [0, 0.05) is 0 Å². The summed E-state index contributed by atoms with van der Waals surface area (Å²) in [6.07, 6.45) is -3.01. The van der Waals surface area contributed by atoms with Crippen molar-refractivity contribution in [1.29, 1.82) is 5.26 Å². The number of aromatic nitrogens is 1. The van der Waals surface area contributed by atoms with Crippen molar-refractivity contribution >= 4 is 28.6 Å². The third kappa shape index (κ3) is 3.60. The Kier molecular flexibility index (Phi) is 5.40. The highest BCUT2D eigenvalue weighted by atomic mass is 127. The van der Waals surface area contributed by atoms with E-state index in [-0.39, 0.29) is 27.9 Å². The van der Waals surface area contributed by atoms with Crippen molar-refractivity contribution in [3.05, 3.63) is 26.6 Å². The van der Waals surface area contributed by atoms with Gasteiger partial charge in [-0.1, -0.05) is 0 Å². The van der Waals surface area contributed by atoms with E-state index >= 15 is 0 Å². The minimum atomic E-state index is -2.79. The molecule has 0 fully saturated rings. The minimum Gasteiger partial charge on any atom is -0.466 e. The van der Waals surface area contributed by atoms with Gasteiger partial charge in [0.05, 0.1) is 27.9 Å². The molecule has 1 rings (SSSR count). The van der Waals surface area contributed by atoms with Crippen molar-refractivity contribution in [1.82, 2.24) is 4.98 Å². The van der Waals surface area contributed by atoms with Gasteiger partial charge >= 0.3 is 5.97 Å². The number of ether oxygens (including phenoxy) is 1. The molecule has 0 aliphatic rings. The zero-order valence-corrected chi connectivity index (χ0v) is 11.6. The SMILES string of the molecule is CCOC(=O)Cc1cc(C#N)c(I)c(C(F)F)n1. The molecule has 0 aromatic carbocycles. The summed E-state index contributed by atoms with van der Waals surface area (Å²) < 4.78 is 30.2. The number of nitriles is 1. The minimum absolute atomic E-state index is 0.0835. The Hall–Kier alpha value is -1.30. The van der Waals surface area contributed by atoms with E-state index in [1.165, 1.54) is 6.07 Å². The number of hydrogen-bond acceptors (Lipinski definition) is 4. The molecule has 0 aliphatic carbocycles. The van der Waals surface area contributed by atoms with Crippen LogP contribution in [0.5, 0.6) is 0 Å². The lowest BCUT2D eigenvalue weighted by atomic mass is 10.1. The van der Waals surface area contributed by atoms with Crippen molar-refractivity contribution in [3.8, 4) is 6.07 Å². The van der Waals surface area contributed by atoms with E-state index < -0.39 is 18.1 Å². The summed E-state index contributed by atoms with van der Waals surface area (Å²) in [6, 6.07) is 3.13. The quantitative estimate of drug-likeness (QED) is 0.607. The summed E-state index contributed by atoms with van der Waals surface area (Å²) in [5.74, 6) is -0.560. The maximum atomic E-state index is 12.7. The van der Waals surface area contributed by atoms with Gasteiger partial charge in [-0.25, -0.2) is 8.78 Å². The fourth-order valence-electron chi connectivity index (χ4n) is 1.28. The fraction of sp³-hybridized carbons (Fsp3) is 0.364. The fourth-order valence-corrected chi connectivity index (χ4v) is 1.91. The smallest absolute Gasteiger partial charge is 0.311 e. The van der Waals surface area contributed by atoms with Crippen LogP contribution in [0.15, 0.2) is 6.07 Å². The molecule has 0 saturated carbocycles. The molecule has 1 aromatic rings. The first kappa shape index (κ1) is 14.8. The lowest BCUT2D eigenvalue weighted by Gasteiger charge is -2.08. The van der Waals surface area contributed by atoms with Crippen molar-refractivity contribution in [2.24, 2.45) is 0 Å². The molecule has 4 nitrogen and oxygen atoms in total. The van der Waals surface area contributed by atoms with E-state index in [9.17, 15) is 13.6 Å². The van der Waals surface area contributed by atoms with Gasteiger partial charge in [-0.3, -0.25) is 9.78 Å². The molecule has 0 amide bonds. The Bertz CT molecular complexity index is 501. The van der Waals surface area contributed by atoms with Gasteiger partial charge < -0.3 is 4.74 Å². The molecule has 0 N–H and O–H groups in total. The van der Waals surface area contributed by atoms with Crippen LogP contribution >= 0.6 is 22.6 Å². The molecule has 18 heavy (non-hydrogen) atoms. The molecule has 7 heteroatoms. The third-order valence-electron chi connectivity index (χ3n) is 1.99. The molecule has 0 saturated heterocycles. The Labute approximate surface area is 116 Å². The molecule has 0 radical (unpaired) electrons. The topological polar surface area (TPSA) is 63.0 Å². The molecule has 0 spiro atoms. The number of carbonyl (C=O) groups excluding carboxylic acids is 1. The summed E-state index contributed by atoms with van der Waals surface area (Å²) in [5.41, 5.74) is -0.283. The van der Waals surface area contributed by atoms with E-state index in [2.05, 4.69) is 4.98 Å². The van der Waals surface area contributed by atoms with Crippen LogP contribution in [0.25, 0.3) is 0 Å². The highest BCUT2D eigenvalue weighted by Crippen LogP contribution is 2.25.